The number of thiazole rings is 3. The number of nitrogens with zero attached hydrogens (tertiary/aromatic N) is 3. The first kappa shape index (κ1) is 103. The summed E-state index contributed by atoms with van der Waals surface area (Å²) < 4.78 is 6.01. The fourth-order valence-electron chi connectivity index (χ4n) is 13.9. The number of allylic oxidation sites excluding steroid dienone is 1. The van der Waals surface area contributed by atoms with E-state index in [0.717, 1.165) is 39.6 Å². The number of aliphatic hydroxyl groups is 1. The molecule has 0 unspecified atom stereocenters. The number of unbranched alkanes of at least 4 members (excludes halogenated alkanes) is 1. The number of benzene rings is 3. The van der Waals surface area contributed by atoms with Crippen LogP contribution in [0.5, 0.6) is 5.75 Å². The molecule has 133 heavy (non-hydrogen) atoms. The molecule has 9 rings (SSSR count). The molecule has 43 nitrogen and oxygen atoms in total. The highest BCUT2D eigenvalue weighted by molar-refractivity contribution is 7.10. The maximum atomic E-state index is 15.0. The maximum Gasteiger partial charge on any atom is 0.305 e. The number of aromatic amines is 2. The van der Waals surface area contributed by atoms with E-state index in [1.165, 1.54) is 54.3 Å². The predicted molar refractivity (Wildman–Crippen MR) is 485 cm³/mol. The summed E-state index contributed by atoms with van der Waals surface area (Å²) in [6.45, 7) is 10.2. The summed E-state index contributed by atoms with van der Waals surface area (Å²) in [6, 6.07) is 0.992. The van der Waals surface area contributed by atoms with Crippen LogP contribution in [-0.2, 0) is 91.1 Å². The number of aliphatic hydroxyl groups excluding tert-OH is 1. The molecule has 8 aromatic rings. The van der Waals surface area contributed by atoms with E-state index in [0.29, 0.717) is 44.9 Å². The van der Waals surface area contributed by atoms with Crippen molar-refractivity contribution in [3.05, 3.63) is 162 Å². The Morgan fingerprint density at radius 2 is 0.910 bits per heavy atom. The SMILES string of the molecule is CC(C)=CCO[C@@H](C)[C@@H]1NC(=O)[C@@H](CC(N)=O)NC(=O)[C@@H](CO)NC(=O)c2csc(n2)[C@H](C)NC(=O)[C@@H](Cc2ccc(O)cc2)NC(=O)[C@@H](CCCCN)NC(=O)[C@@H](CC(=O)O)NC(=O)CNC(=O)[C@H](Cc2c[nH]c3ccccc23)NC(=O)c2csc(n2)[C@@H](C(C)C)NC(=O)[C@@H](C(C)C)NC(=O)c2csc(n2)[C@@H](CC(=O)O)NC(=O)CNC(=O)[C@@H](Cc2c[nH]c3ccccc23)NC1=O. The van der Waals surface area contributed by atoms with Gasteiger partial charge in [0.15, 0.2) is 0 Å². The lowest BCUT2D eigenvalue weighted by molar-refractivity contribution is -0.141. The van der Waals surface area contributed by atoms with Gasteiger partial charge in [0.1, 0.15) is 92.2 Å². The summed E-state index contributed by atoms with van der Waals surface area (Å²) in [7, 11) is 0. The first-order chi connectivity index (χ1) is 63.3. The number of phenolic OH excluding ortho intramolecular Hbond substituents is 1. The zero-order valence-corrected chi connectivity index (χ0v) is 76.3. The van der Waals surface area contributed by atoms with Gasteiger partial charge in [-0.1, -0.05) is 87.9 Å². The molecular weight excluding hydrogens is 1790 g/mol. The molecule has 3 aromatic carbocycles. The number of hydrogen-bond donors (Lipinski definition) is 22. The van der Waals surface area contributed by atoms with Gasteiger partial charge in [0.25, 0.3) is 17.7 Å². The second-order valence-electron chi connectivity index (χ2n) is 32.5. The number of hydrogen-bond acceptors (Lipinski definition) is 27. The average molecular weight is 1900 g/mol. The van der Waals surface area contributed by atoms with Gasteiger partial charge in [-0.2, -0.15) is 0 Å². The molecule has 5 aromatic heterocycles. The molecule has 6 heterocycles. The molecule has 13 atom stereocenters. The van der Waals surface area contributed by atoms with Crippen LogP contribution >= 0.6 is 34.0 Å². The summed E-state index contributed by atoms with van der Waals surface area (Å²) in [5.74, 6) is -19.7. The highest BCUT2D eigenvalue weighted by atomic mass is 32.1. The summed E-state index contributed by atoms with van der Waals surface area (Å²) in [6.07, 6.45) is 0.245. The molecule has 0 spiro atoms. The smallest absolute Gasteiger partial charge is 0.305 e. The Bertz CT molecular complexity index is 5590. The maximum absolute atomic E-state index is 15.0. The van der Waals surface area contributed by atoms with Crippen LogP contribution in [0, 0.1) is 11.8 Å². The number of H-pyrrole nitrogens is 2. The number of phenols is 1. The lowest BCUT2D eigenvalue weighted by atomic mass is 10.0. The van der Waals surface area contributed by atoms with Gasteiger partial charge in [-0.25, -0.2) is 15.0 Å². The molecule has 1 aliphatic heterocycles. The van der Waals surface area contributed by atoms with Crippen LogP contribution in [0.15, 0.2) is 113 Å². The predicted octanol–water partition coefficient (Wildman–Crippen LogP) is 0.424. The van der Waals surface area contributed by atoms with Gasteiger partial charge in [-0.05, 0) is 106 Å². The van der Waals surface area contributed by atoms with Crippen LogP contribution in [0.4, 0.5) is 0 Å². The Balaban J connectivity index is 1.03. The fourth-order valence-corrected chi connectivity index (χ4v) is 16.6. The number of fused-ring (bicyclic) bond motifs is 8. The largest absolute Gasteiger partial charge is 0.508 e. The van der Waals surface area contributed by atoms with Crippen molar-refractivity contribution in [3.8, 4) is 5.75 Å². The van der Waals surface area contributed by atoms with E-state index in [1.807, 2.05) is 0 Å². The van der Waals surface area contributed by atoms with Crippen molar-refractivity contribution >= 4 is 156 Å². The standard InChI is InChI=1S/C87H109N21O22S3/c1-41(2)24-26-130-45(8)72-84(129)101-57(29-48-34-91-53-18-12-10-16-51(48)53)74(119)93-36-67(113)96-60(32-69(116)117)86-104-64(39-132-86)82(127)106-70(42(3)4)83(128)107-71(43(5)6)87-105-63(40-133-87)80(125)99-56(28-47-33-90-52-17-11-9-15-50(47)52)73(118)92-35-66(112)95-59(31-68(114)115)77(122)97-54(19-13-14-25-88)75(120)98-55(27-46-20-22-49(110)23-21-46)76(121)94-44(7)85-103-62(38-131-85)81(126)102-61(37-109)79(124)100-58(30-65(89)111)78(123)108-72/h9-12,15-18,20-24,33-34,38-40,42-45,54-61,70-72,90-91,109-110H,13-14,19,25-32,35-37,88H2,1-8H3,(H2,89,111)(H,92,118)(H,93,119)(H,94,121)(H,95,112)(H,96,113)(H,97,122)(H,98,120)(H,99,125)(H,100,124)(H,101,129)(H,102,126)(H,106,127)(H,107,128)(H,108,123)(H,114,115)(H,116,117)/t44-,45-,54+,55+,56-,57+,58+,59+,60+,61+,70+,71+,72-/m0/s1. The van der Waals surface area contributed by atoms with E-state index in [2.05, 4.69) is 99.4 Å². The Morgan fingerprint density at radius 1 is 0.474 bits per heavy atom. The van der Waals surface area contributed by atoms with Gasteiger partial charge < -0.3 is 121 Å². The second kappa shape index (κ2) is 48.8. The molecule has 712 valence electrons. The number of aromatic hydroxyl groups is 1. The van der Waals surface area contributed by atoms with Gasteiger partial charge in [0.2, 0.25) is 70.9 Å². The van der Waals surface area contributed by atoms with Crippen LogP contribution in [-0.4, -0.2) is 239 Å². The number of rotatable bonds is 23. The number of carbonyl (C=O) groups excluding carboxylic acids is 15. The number of nitrogens with one attached hydrogen (secondary N) is 16. The van der Waals surface area contributed by atoms with Gasteiger partial charge in [0.05, 0.1) is 69.8 Å². The summed E-state index contributed by atoms with van der Waals surface area (Å²) in [5, 5.41) is 82.0. The number of carboxylic acid groups (broad SMARTS) is 2. The molecule has 1 aliphatic rings. The van der Waals surface area contributed by atoms with Gasteiger partial charge >= 0.3 is 11.9 Å². The number of para-hydroxylation sites is 2. The molecule has 0 radical (unpaired) electrons. The molecule has 0 fully saturated rings. The fraction of sp³-hybridized carbons (Fsp3) is 0.425. The normalized spacial score (nSPS) is 22.1. The zero-order valence-electron chi connectivity index (χ0n) is 73.8. The minimum Gasteiger partial charge on any atom is -0.508 e. The number of amides is 15. The number of ether oxygens (including phenoxy) is 1. The second-order valence-corrected chi connectivity index (χ2v) is 35.1. The molecule has 0 saturated heterocycles. The van der Waals surface area contributed by atoms with E-state index < -0.39 is 230 Å². The third-order valence-corrected chi connectivity index (χ3v) is 24.0. The number of nitrogens with two attached hydrogens (primary N) is 2. The first-order valence-electron chi connectivity index (χ1n) is 42.5. The third-order valence-electron chi connectivity index (χ3n) is 21.1. The Hall–Kier alpha value is -14.0. The third kappa shape index (κ3) is 30.0. The van der Waals surface area contributed by atoms with Crippen molar-refractivity contribution in [2.45, 2.75) is 192 Å². The lowest BCUT2D eigenvalue weighted by Crippen LogP contribution is -2.62. The minimum absolute atomic E-state index is 0.0563. The van der Waals surface area contributed by atoms with E-state index in [1.54, 1.807) is 109 Å². The van der Waals surface area contributed by atoms with Crippen molar-refractivity contribution in [3.63, 3.8) is 0 Å². The zero-order chi connectivity index (χ0) is 97.0. The van der Waals surface area contributed by atoms with Gasteiger partial charge in [-0.3, -0.25) is 81.5 Å². The van der Waals surface area contributed by atoms with Gasteiger partial charge in [-0.15, -0.1) is 34.0 Å². The number of carbonyl (C=O) groups is 17. The Labute approximate surface area is 773 Å². The van der Waals surface area contributed by atoms with Crippen molar-refractivity contribution in [2.24, 2.45) is 23.3 Å². The number of aliphatic carboxylic acids is 2. The highest BCUT2D eigenvalue weighted by Crippen LogP contribution is 2.29. The monoisotopic (exact) mass is 1900 g/mol. The van der Waals surface area contributed by atoms with Crippen LogP contribution < -0.4 is 85.9 Å². The lowest BCUT2D eigenvalue weighted by Gasteiger charge is -2.29. The number of primary amides is 1. The quantitative estimate of drug-likeness (QED) is 0.0305. The first-order valence-corrected chi connectivity index (χ1v) is 45.1. The molecule has 46 heteroatoms. The topological polar surface area (TPSA) is 671 Å². The summed E-state index contributed by atoms with van der Waals surface area (Å²) in [5.41, 5.74) is 14.1. The van der Waals surface area contributed by atoms with E-state index in [-0.39, 0.29) is 83.1 Å². The molecular formula is C87H109N21O22S3. The average Bonchev–Trinajstić information content (AvgIpc) is 1.71. The number of carboxylic acids is 2. The molecule has 0 aliphatic carbocycles. The minimum atomic E-state index is -1.97. The van der Waals surface area contributed by atoms with Crippen molar-refractivity contribution < 1.29 is 107 Å². The van der Waals surface area contributed by atoms with Crippen LogP contribution in [0.2, 0.25) is 0 Å². The highest BCUT2D eigenvalue weighted by Gasteiger charge is 2.40. The molecule has 24 N–H and O–H groups in total. The van der Waals surface area contributed by atoms with Crippen LogP contribution in [0.25, 0.3) is 21.8 Å². The van der Waals surface area contributed by atoms with Crippen molar-refractivity contribution in [1.29, 1.82) is 0 Å². The van der Waals surface area contributed by atoms with Crippen molar-refractivity contribution in [2.75, 3.05) is 32.8 Å². The molecule has 6 bridgehead atoms. The number of aromatic nitrogens is 5. The van der Waals surface area contributed by atoms with Crippen LogP contribution in [0.1, 0.15) is 175 Å². The Morgan fingerprint density at radius 3 is 1.46 bits per heavy atom. The van der Waals surface area contributed by atoms with E-state index in [4.69, 9.17) is 16.2 Å². The summed E-state index contributed by atoms with van der Waals surface area (Å²) >= 11 is 2.60. The van der Waals surface area contributed by atoms with Crippen molar-refractivity contribution in [1.82, 2.24) is 99.4 Å². The Kier molecular flexibility index (Phi) is 37.7. The summed E-state index contributed by atoms with van der Waals surface area (Å²) in [4.78, 5) is 259. The molecule has 0 saturated carbocycles. The van der Waals surface area contributed by atoms with Gasteiger partial charge in [0, 0.05) is 69.6 Å². The molecule has 15 amide bonds. The van der Waals surface area contributed by atoms with Crippen LogP contribution in [0.3, 0.4) is 0 Å². The van der Waals surface area contributed by atoms with E-state index >= 15 is 0 Å². The van der Waals surface area contributed by atoms with E-state index in [9.17, 15) is 102 Å².